The van der Waals surface area contributed by atoms with E-state index in [1.165, 1.54) is 0 Å². The summed E-state index contributed by atoms with van der Waals surface area (Å²) in [6.07, 6.45) is 0. The van der Waals surface area contributed by atoms with Crippen molar-refractivity contribution in [2.45, 2.75) is 6.92 Å². The van der Waals surface area contributed by atoms with E-state index in [2.05, 4.69) is 5.10 Å². The summed E-state index contributed by atoms with van der Waals surface area (Å²) in [5, 5.41) is 2.61. The van der Waals surface area contributed by atoms with Crippen LogP contribution >= 0.6 is 11.6 Å². The number of H-pyrrole nitrogens is 1. The molecule has 1 heterocycles. The maximum absolute atomic E-state index is 11.1. The molecular weight excluding hydrogens is 188 g/mol. The fourth-order valence-electron chi connectivity index (χ4n) is 1.60. The quantitative estimate of drug-likeness (QED) is 0.698. The average molecular weight is 197 g/mol. The third-order valence-electron chi connectivity index (χ3n) is 2.10. The molecule has 1 aliphatic carbocycles. The lowest BCUT2D eigenvalue weighted by Gasteiger charge is -1.94. The molecule has 0 aromatic rings. The first-order valence-corrected chi connectivity index (χ1v) is 4.32. The fourth-order valence-corrected chi connectivity index (χ4v) is 1.82. The Morgan fingerprint density at radius 1 is 1.54 bits per heavy atom. The van der Waals surface area contributed by atoms with Crippen molar-refractivity contribution in [2.75, 3.05) is 0 Å². The molecule has 1 aliphatic heterocycles. The molecule has 0 bridgehead atoms. The Morgan fingerprint density at radius 3 is 2.85 bits per heavy atom. The summed E-state index contributed by atoms with van der Waals surface area (Å²) >= 11 is 5.46. The molecule has 0 saturated heterocycles. The van der Waals surface area contributed by atoms with Gasteiger partial charge in [0.1, 0.15) is 5.69 Å². The number of aromatic amines is 1. The van der Waals surface area contributed by atoms with E-state index in [4.69, 9.17) is 11.6 Å². The lowest BCUT2D eigenvalue weighted by molar-refractivity contribution is 0.107. The van der Waals surface area contributed by atoms with Gasteiger partial charge in [0.05, 0.1) is 5.69 Å². The minimum absolute atomic E-state index is 0.431. The normalized spacial score (nSPS) is 11.0. The molecule has 2 aliphatic rings. The summed E-state index contributed by atoms with van der Waals surface area (Å²) in [6.45, 7) is 1.98. The molecule has 0 unspecified atom stereocenters. The molecule has 68 valence electrons. The van der Waals surface area contributed by atoms with Crippen molar-refractivity contribution in [3.63, 3.8) is 0 Å². The molecule has 2 rings (SSSR count). The molecule has 0 saturated carbocycles. The average Bonchev–Trinajstić information content (AvgIpc) is 2.41. The molecule has 0 aromatic heterocycles. The zero-order chi connectivity index (χ0) is 9.59. The van der Waals surface area contributed by atoms with Crippen molar-refractivity contribution in [2.24, 2.45) is 7.05 Å². The highest BCUT2D eigenvalue weighted by atomic mass is 35.5. The summed E-state index contributed by atoms with van der Waals surface area (Å²) in [6, 6.07) is 3.93. The molecule has 3 nitrogen and oxygen atoms in total. The number of hydrogen-bond donors (Lipinski definition) is 1. The molecule has 0 radical (unpaired) electrons. The third kappa shape index (κ3) is 1.16. The Kier molecular flexibility index (Phi) is 1.70. The highest BCUT2D eigenvalue weighted by Gasteiger charge is 2.19. The number of carbonyl (C=O) groups excluding carboxylic acids is 1. The van der Waals surface area contributed by atoms with E-state index in [0.717, 1.165) is 16.8 Å². The number of carbonyl (C=O) groups is 1. The number of aromatic nitrogens is 2. The van der Waals surface area contributed by atoms with Gasteiger partial charge >= 0.3 is 0 Å². The molecule has 0 atom stereocenters. The standard InChI is InChI=1S/C9H9ClN2O/c1-5-3-6-7(4-5)11-12(2)8(6)9(10)13/h3-4,11H,1-2H3. The second kappa shape index (κ2) is 2.64. The highest BCUT2D eigenvalue weighted by Crippen LogP contribution is 2.29. The third-order valence-corrected chi connectivity index (χ3v) is 2.28. The van der Waals surface area contributed by atoms with E-state index in [9.17, 15) is 4.79 Å². The Morgan fingerprint density at radius 2 is 2.23 bits per heavy atom. The van der Waals surface area contributed by atoms with Crippen LogP contribution in [0.4, 0.5) is 0 Å². The van der Waals surface area contributed by atoms with E-state index in [-0.39, 0.29) is 0 Å². The van der Waals surface area contributed by atoms with Gasteiger partial charge in [-0.1, -0.05) is 0 Å². The van der Waals surface area contributed by atoms with Crippen molar-refractivity contribution in [1.82, 2.24) is 9.78 Å². The predicted octanol–water partition coefficient (Wildman–Crippen LogP) is 2.15. The van der Waals surface area contributed by atoms with Crippen LogP contribution in [0.2, 0.25) is 0 Å². The van der Waals surface area contributed by atoms with Crippen LogP contribution in [0.25, 0.3) is 11.3 Å². The molecule has 0 spiro atoms. The van der Waals surface area contributed by atoms with Gasteiger partial charge in [0.15, 0.2) is 0 Å². The van der Waals surface area contributed by atoms with Crippen LogP contribution in [0.3, 0.4) is 0 Å². The van der Waals surface area contributed by atoms with Crippen molar-refractivity contribution in [1.29, 1.82) is 0 Å². The first-order valence-electron chi connectivity index (χ1n) is 3.94. The highest BCUT2D eigenvalue weighted by molar-refractivity contribution is 6.68. The van der Waals surface area contributed by atoms with Gasteiger partial charge in [-0.3, -0.25) is 14.6 Å². The zero-order valence-electron chi connectivity index (χ0n) is 7.39. The van der Waals surface area contributed by atoms with E-state index in [1.54, 1.807) is 11.7 Å². The van der Waals surface area contributed by atoms with Crippen LogP contribution < -0.4 is 0 Å². The smallest absolute Gasteiger partial charge is 0.271 e. The first-order chi connectivity index (χ1) is 6.09. The minimum atomic E-state index is -0.431. The van der Waals surface area contributed by atoms with Gasteiger partial charge < -0.3 is 0 Å². The van der Waals surface area contributed by atoms with Gasteiger partial charge in [0.25, 0.3) is 5.24 Å². The predicted molar refractivity (Wildman–Crippen MR) is 51.3 cm³/mol. The lowest BCUT2D eigenvalue weighted by atomic mass is 10.2. The van der Waals surface area contributed by atoms with Crippen molar-refractivity contribution < 1.29 is 4.79 Å². The van der Waals surface area contributed by atoms with Crippen LogP contribution in [0.1, 0.15) is 16.1 Å². The number of halogens is 1. The molecule has 0 aromatic carbocycles. The van der Waals surface area contributed by atoms with Crippen LogP contribution in [0.5, 0.6) is 0 Å². The van der Waals surface area contributed by atoms with Crippen molar-refractivity contribution >= 4 is 16.8 Å². The van der Waals surface area contributed by atoms with E-state index in [1.807, 2.05) is 19.1 Å². The molecule has 0 fully saturated rings. The van der Waals surface area contributed by atoms with Gasteiger partial charge in [-0.15, -0.1) is 0 Å². The van der Waals surface area contributed by atoms with Gasteiger partial charge in [0.2, 0.25) is 0 Å². The zero-order valence-corrected chi connectivity index (χ0v) is 8.14. The van der Waals surface area contributed by atoms with E-state index < -0.39 is 5.24 Å². The molecular formula is C9H9ClN2O. The summed E-state index contributed by atoms with van der Waals surface area (Å²) < 4.78 is 1.64. The first kappa shape index (κ1) is 8.38. The topological polar surface area (TPSA) is 37.8 Å². The maximum Gasteiger partial charge on any atom is 0.271 e. The molecule has 13 heavy (non-hydrogen) atoms. The lowest BCUT2D eigenvalue weighted by Crippen LogP contribution is -2.00. The van der Waals surface area contributed by atoms with Gasteiger partial charge in [-0.25, -0.2) is 0 Å². The van der Waals surface area contributed by atoms with Crippen molar-refractivity contribution in [3.8, 4) is 11.3 Å². The fraction of sp³-hybridized carbons (Fsp3) is 0.222. The summed E-state index contributed by atoms with van der Waals surface area (Å²) in [7, 11) is 1.77. The Balaban J connectivity index is 2.73. The SMILES string of the molecule is Cc1cc2[nH]n(C)c(C(=O)Cl)c-2c1. The summed E-state index contributed by atoms with van der Waals surface area (Å²) in [5.41, 5.74) is 3.48. The molecule has 4 heteroatoms. The Hall–Kier alpha value is -1.22. The number of nitrogens with one attached hydrogen (secondary N) is 1. The monoisotopic (exact) mass is 196 g/mol. The van der Waals surface area contributed by atoms with Crippen LogP contribution in [0.15, 0.2) is 12.1 Å². The summed E-state index contributed by atoms with van der Waals surface area (Å²) in [4.78, 5) is 11.1. The Bertz CT molecular complexity index is 441. The Labute approximate surface area is 80.6 Å². The van der Waals surface area contributed by atoms with E-state index in [0.29, 0.717) is 5.69 Å². The van der Waals surface area contributed by atoms with Crippen LogP contribution in [-0.2, 0) is 7.05 Å². The van der Waals surface area contributed by atoms with Crippen molar-refractivity contribution in [3.05, 3.63) is 23.4 Å². The number of fused-ring (bicyclic) bond motifs is 1. The van der Waals surface area contributed by atoms with E-state index >= 15 is 0 Å². The minimum Gasteiger partial charge on any atom is -0.298 e. The van der Waals surface area contributed by atoms with Crippen LogP contribution in [0, 0.1) is 6.92 Å². The van der Waals surface area contributed by atoms with Gasteiger partial charge in [-0.05, 0) is 36.2 Å². The number of hydrogen-bond acceptors (Lipinski definition) is 1. The molecule has 1 N–H and O–H groups in total. The second-order valence-electron chi connectivity index (χ2n) is 3.15. The number of nitrogens with zero attached hydrogens (tertiary/aromatic N) is 1. The number of aryl methyl sites for hydroxylation is 2. The largest absolute Gasteiger partial charge is 0.298 e. The molecule has 0 amide bonds. The summed E-state index contributed by atoms with van der Waals surface area (Å²) in [5.74, 6) is 0. The second-order valence-corrected chi connectivity index (χ2v) is 3.50. The maximum atomic E-state index is 11.1. The van der Waals surface area contributed by atoms with Gasteiger partial charge in [0, 0.05) is 12.6 Å². The van der Waals surface area contributed by atoms with Crippen LogP contribution in [-0.4, -0.2) is 15.0 Å². The number of rotatable bonds is 1. The van der Waals surface area contributed by atoms with Gasteiger partial charge in [-0.2, -0.15) is 0 Å².